The van der Waals surface area contributed by atoms with E-state index in [4.69, 9.17) is 12.2 Å². The van der Waals surface area contributed by atoms with Gasteiger partial charge in [0.05, 0.1) is 4.91 Å². The van der Waals surface area contributed by atoms with E-state index < -0.39 is 0 Å². The number of hydrogen-bond donors (Lipinski definition) is 0. The second-order valence-electron chi connectivity index (χ2n) is 6.27. The summed E-state index contributed by atoms with van der Waals surface area (Å²) < 4.78 is 0.687. The fourth-order valence-corrected chi connectivity index (χ4v) is 4.32. The first kappa shape index (κ1) is 18.4. The Morgan fingerprint density at radius 2 is 2.04 bits per heavy atom. The molecule has 3 rings (SSSR count). The van der Waals surface area contributed by atoms with Crippen molar-refractivity contribution in [1.82, 2.24) is 19.7 Å². The third-order valence-electron chi connectivity index (χ3n) is 4.44. The van der Waals surface area contributed by atoms with Crippen molar-refractivity contribution in [3.63, 3.8) is 0 Å². The lowest BCUT2D eigenvalue weighted by molar-refractivity contribution is -0.122. The van der Waals surface area contributed by atoms with Crippen LogP contribution in [-0.4, -0.2) is 69.2 Å². The molecule has 25 heavy (non-hydrogen) atoms. The quantitative estimate of drug-likeness (QED) is 0.561. The number of rotatable bonds is 6. The molecule has 2 saturated heterocycles. The number of carbonyl (C=O) groups is 1. The minimum Gasteiger partial charge on any atom is -0.374 e. The molecule has 2 fully saturated rings. The monoisotopic (exact) mass is 376 g/mol. The van der Waals surface area contributed by atoms with Crippen LogP contribution in [0.1, 0.15) is 19.0 Å². The van der Waals surface area contributed by atoms with Crippen LogP contribution >= 0.6 is 24.0 Å². The van der Waals surface area contributed by atoms with Crippen LogP contribution in [0.25, 0.3) is 0 Å². The first-order valence-electron chi connectivity index (χ1n) is 8.79. The zero-order valence-electron chi connectivity index (χ0n) is 14.6. The van der Waals surface area contributed by atoms with E-state index in [1.807, 2.05) is 24.5 Å². The summed E-state index contributed by atoms with van der Waals surface area (Å²) >= 11 is 6.75. The zero-order valence-corrected chi connectivity index (χ0v) is 16.2. The lowest BCUT2D eigenvalue weighted by Crippen LogP contribution is -2.45. The molecule has 2 aliphatic heterocycles. The highest BCUT2D eigenvalue weighted by atomic mass is 32.2. The summed E-state index contributed by atoms with van der Waals surface area (Å²) in [4.78, 5) is 24.0. The minimum atomic E-state index is 0.0643. The Hall–Kier alpha value is -1.44. The van der Waals surface area contributed by atoms with E-state index in [2.05, 4.69) is 27.8 Å². The predicted molar refractivity (Wildman–Crippen MR) is 106 cm³/mol. The van der Waals surface area contributed by atoms with Gasteiger partial charge in [0, 0.05) is 63.8 Å². The van der Waals surface area contributed by atoms with Crippen molar-refractivity contribution in [2.75, 3.05) is 39.3 Å². The SMILES string of the molecule is CCCN1C(=O)C(=CN2CCN(CCc3ccccn3)CC2)SC1=S. The molecule has 0 atom stereocenters. The molecule has 0 N–H and O–H groups in total. The van der Waals surface area contributed by atoms with Gasteiger partial charge in [-0.15, -0.1) is 0 Å². The Balaban J connectivity index is 1.48. The first-order chi connectivity index (χ1) is 12.2. The van der Waals surface area contributed by atoms with Gasteiger partial charge in [-0.1, -0.05) is 37.0 Å². The van der Waals surface area contributed by atoms with Gasteiger partial charge in [0.1, 0.15) is 4.32 Å². The van der Waals surface area contributed by atoms with E-state index in [9.17, 15) is 4.79 Å². The molecule has 0 saturated carbocycles. The summed E-state index contributed by atoms with van der Waals surface area (Å²) in [5.74, 6) is 0.0643. The molecule has 0 bridgehead atoms. The van der Waals surface area contributed by atoms with Crippen LogP contribution in [0.15, 0.2) is 35.5 Å². The van der Waals surface area contributed by atoms with Gasteiger partial charge in [-0.05, 0) is 18.6 Å². The maximum absolute atomic E-state index is 12.4. The van der Waals surface area contributed by atoms with Gasteiger partial charge in [0.15, 0.2) is 0 Å². The van der Waals surface area contributed by atoms with E-state index in [1.54, 1.807) is 4.90 Å². The zero-order chi connectivity index (χ0) is 17.6. The molecule has 1 amide bonds. The van der Waals surface area contributed by atoms with E-state index in [1.165, 1.54) is 11.8 Å². The van der Waals surface area contributed by atoms with Crippen molar-refractivity contribution in [2.45, 2.75) is 19.8 Å². The molecular formula is C18H24N4OS2. The third kappa shape index (κ3) is 4.80. The van der Waals surface area contributed by atoms with Crippen LogP contribution in [0.4, 0.5) is 0 Å². The average molecular weight is 377 g/mol. The van der Waals surface area contributed by atoms with Crippen molar-refractivity contribution in [1.29, 1.82) is 0 Å². The molecular weight excluding hydrogens is 352 g/mol. The number of carbonyl (C=O) groups excluding carboxylic acids is 1. The summed E-state index contributed by atoms with van der Waals surface area (Å²) in [6, 6.07) is 6.06. The van der Waals surface area contributed by atoms with Crippen molar-refractivity contribution in [3.05, 3.63) is 41.2 Å². The number of pyridine rings is 1. The largest absolute Gasteiger partial charge is 0.374 e. The number of thioether (sulfide) groups is 1. The Labute approximate surface area is 159 Å². The van der Waals surface area contributed by atoms with Crippen LogP contribution < -0.4 is 0 Å². The number of thiocarbonyl (C=S) groups is 1. The van der Waals surface area contributed by atoms with Crippen molar-refractivity contribution < 1.29 is 4.79 Å². The molecule has 134 valence electrons. The van der Waals surface area contributed by atoms with Gasteiger partial charge in [-0.3, -0.25) is 19.6 Å². The standard InChI is InChI=1S/C18H24N4OS2/c1-2-8-22-17(23)16(25-18(22)24)14-21-12-10-20(11-13-21)9-6-15-5-3-4-7-19-15/h3-5,7,14H,2,6,8-13H2,1H3. The molecule has 1 aromatic rings. The Morgan fingerprint density at radius 1 is 1.24 bits per heavy atom. The van der Waals surface area contributed by atoms with Crippen molar-refractivity contribution >= 4 is 34.2 Å². The molecule has 0 spiro atoms. The summed E-state index contributed by atoms with van der Waals surface area (Å²) in [7, 11) is 0. The smallest absolute Gasteiger partial charge is 0.267 e. The minimum absolute atomic E-state index is 0.0643. The lowest BCUT2D eigenvalue weighted by atomic mass is 10.2. The fourth-order valence-electron chi connectivity index (χ4n) is 3.01. The summed E-state index contributed by atoms with van der Waals surface area (Å²) in [5, 5.41) is 0. The number of hydrogen-bond acceptors (Lipinski definition) is 6. The van der Waals surface area contributed by atoms with Crippen molar-refractivity contribution in [2.24, 2.45) is 0 Å². The van der Waals surface area contributed by atoms with Gasteiger partial charge < -0.3 is 4.90 Å². The second kappa shape index (κ2) is 8.78. The topological polar surface area (TPSA) is 39.7 Å². The molecule has 0 aromatic carbocycles. The van der Waals surface area contributed by atoms with Crippen molar-refractivity contribution in [3.8, 4) is 0 Å². The van der Waals surface area contributed by atoms with Crippen LogP contribution in [-0.2, 0) is 11.2 Å². The molecule has 0 aliphatic carbocycles. The summed E-state index contributed by atoms with van der Waals surface area (Å²) in [5.41, 5.74) is 1.14. The third-order valence-corrected chi connectivity index (χ3v) is 5.80. The van der Waals surface area contributed by atoms with Crippen LogP contribution in [0.2, 0.25) is 0 Å². The van der Waals surface area contributed by atoms with Crippen LogP contribution in [0, 0.1) is 0 Å². The number of amides is 1. The maximum atomic E-state index is 12.4. The van der Waals surface area contributed by atoms with Crippen LogP contribution in [0.5, 0.6) is 0 Å². The van der Waals surface area contributed by atoms with Gasteiger partial charge in [-0.25, -0.2) is 0 Å². The van der Waals surface area contributed by atoms with Crippen LogP contribution in [0.3, 0.4) is 0 Å². The van der Waals surface area contributed by atoms with Gasteiger partial charge >= 0.3 is 0 Å². The number of nitrogens with zero attached hydrogens (tertiary/aromatic N) is 4. The maximum Gasteiger partial charge on any atom is 0.267 e. The summed E-state index contributed by atoms with van der Waals surface area (Å²) in [6.07, 6.45) is 5.76. The summed E-state index contributed by atoms with van der Waals surface area (Å²) in [6.45, 7) is 7.72. The van der Waals surface area contributed by atoms with E-state index in [-0.39, 0.29) is 5.91 Å². The molecule has 0 unspecified atom stereocenters. The lowest BCUT2D eigenvalue weighted by Gasteiger charge is -2.34. The number of aromatic nitrogens is 1. The fraction of sp³-hybridized carbons (Fsp3) is 0.500. The molecule has 1 aromatic heterocycles. The predicted octanol–water partition coefficient (Wildman–Crippen LogP) is 2.35. The molecule has 0 radical (unpaired) electrons. The molecule has 2 aliphatic rings. The van der Waals surface area contributed by atoms with Gasteiger partial charge in [-0.2, -0.15) is 0 Å². The highest BCUT2D eigenvalue weighted by molar-refractivity contribution is 8.26. The van der Waals surface area contributed by atoms with Gasteiger partial charge in [0.25, 0.3) is 5.91 Å². The van der Waals surface area contributed by atoms with Gasteiger partial charge in [0.2, 0.25) is 0 Å². The Bertz CT molecular complexity index is 642. The Morgan fingerprint density at radius 3 is 2.72 bits per heavy atom. The highest BCUT2D eigenvalue weighted by Crippen LogP contribution is 2.31. The number of piperazine rings is 1. The Kier molecular flexibility index (Phi) is 6.45. The van der Waals surface area contributed by atoms with E-state index >= 15 is 0 Å². The highest BCUT2D eigenvalue weighted by Gasteiger charge is 2.32. The van der Waals surface area contributed by atoms with E-state index in [0.717, 1.165) is 56.2 Å². The average Bonchev–Trinajstić information content (AvgIpc) is 2.90. The molecule has 5 nitrogen and oxygen atoms in total. The normalized spacial score (nSPS) is 20.8. The molecule has 7 heteroatoms. The molecule has 3 heterocycles. The first-order valence-corrected chi connectivity index (χ1v) is 10.0. The van der Waals surface area contributed by atoms with E-state index in [0.29, 0.717) is 10.9 Å². The second-order valence-corrected chi connectivity index (χ2v) is 7.94.